The Labute approximate surface area is 126 Å². The third-order valence-corrected chi connectivity index (χ3v) is 2.45. The van der Waals surface area contributed by atoms with Gasteiger partial charge in [0.2, 0.25) is 0 Å². The minimum atomic E-state index is -4.99. The molecule has 0 aliphatic rings. The van der Waals surface area contributed by atoms with Crippen molar-refractivity contribution in [3.8, 4) is 5.75 Å². The van der Waals surface area contributed by atoms with Crippen LogP contribution in [-0.2, 0) is 0 Å². The van der Waals surface area contributed by atoms with Crippen LogP contribution in [0.2, 0.25) is 0 Å². The lowest BCUT2D eigenvalue weighted by Gasteiger charge is -2.12. The molecule has 0 atom stereocenters. The standard InChI is InChI=1S/C14H9F5N2O2/c15-8-2-1-3-10(4-8)20-13(22)21-11-5-9(16)6-12(7-11)23-14(17,18)19/h1-7H,(H2,20,21,22). The van der Waals surface area contributed by atoms with E-state index in [0.717, 1.165) is 24.3 Å². The van der Waals surface area contributed by atoms with Crippen LogP contribution in [0.15, 0.2) is 42.5 Å². The zero-order chi connectivity index (χ0) is 17.0. The third kappa shape index (κ3) is 5.46. The van der Waals surface area contributed by atoms with E-state index in [9.17, 15) is 26.7 Å². The fourth-order valence-corrected chi connectivity index (χ4v) is 1.69. The zero-order valence-corrected chi connectivity index (χ0v) is 11.2. The first kappa shape index (κ1) is 16.5. The predicted molar refractivity (Wildman–Crippen MR) is 72.1 cm³/mol. The van der Waals surface area contributed by atoms with E-state index in [2.05, 4.69) is 15.4 Å². The van der Waals surface area contributed by atoms with Crippen molar-refractivity contribution < 1.29 is 31.5 Å². The summed E-state index contributed by atoms with van der Waals surface area (Å²) in [5.74, 6) is -2.44. The summed E-state index contributed by atoms with van der Waals surface area (Å²) in [5.41, 5.74) is -0.149. The highest BCUT2D eigenvalue weighted by atomic mass is 19.4. The average Bonchev–Trinajstić information content (AvgIpc) is 2.35. The Morgan fingerprint density at radius 3 is 2.22 bits per heavy atom. The van der Waals surface area contributed by atoms with Gasteiger partial charge >= 0.3 is 12.4 Å². The van der Waals surface area contributed by atoms with Crippen LogP contribution < -0.4 is 15.4 Å². The van der Waals surface area contributed by atoms with Crippen molar-refractivity contribution in [2.24, 2.45) is 0 Å². The summed E-state index contributed by atoms with van der Waals surface area (Å²) in [5, 5.41) is 4.36. The molecule has 0 fully saturated rings. The molecule has 9 heteroatoms. The lowest BCUT2D eigenvalue weighted by molar-refractivity contribution is -0.274. The molecule has 2 aromatic rings. The number of carbonyl (C=O) groups is 1. The Morgan fingerprint density at radius 1 is 0.913 bits per heavy atom. The molecule has 2 rings (SSSR count). The smallest absolute Gasteiger partial charge is 0.406 e. The molecule has 2 aromatic carbocycles. The van der Waals surface area contributed by atoms with Gasteiger partial charge in [-0.3, -0.25) is 0 Å². The molecule has 0 bridgehead atoms. The van der Waals surface area contributed by atoms with Crippen molar-refractivity contribution >= 4 is 17.4 Å². The fourth-order valence-electron chi connectivity index (χ4n) is 1.69. The molecule has 0 aromatic heterocycles. The van der Waals surface area contributed by atoms with E-state index in [1.54, 1.807) is 0 Å². The highest BCUT2D eigenvalue weighted by Gasteiger charge is 2.31. The molecule has 23 heavy (non-hydrogen) atoms. The summed E-state index contributed by atoms with van der Waals surface area (Å²) in [6, 6.07) is 6.16. The van der Waals surface area contributed by atoms with Crippen molar-refractivity contribution in [2.45, 2.75) is 6.36 Å². The van der Waals surface area contributed by atoms with Crippen LogP contribution in [0.25, 0.3) is 0 Å². The Hall–Kier alpha value is -2.84. The number of hydrogen-bond acceptors (Lipinski definition) is 2. The van der Waals surface area contributed by atoms with E-state index in [-0.39, 0.29) is 11.4 Å². The van der Waals surface area contributed by atoms with E-state index in [1.807, 2.05) is 0 Å². The van der Waals surface area contributed by atoms with E-state index in [1.165, 1.54) is 12.1 Å². The Balaban J connectivity index is 2.08. The first-order valence-electron chi connectivity index (χ1n) is 6.11. The maximum atomic E-state index is 13.3. The van der Waals surface area contributed by atoms with E-state index >= 15 is 0 Å². The van der Waals surface area contributed by atoms with Gasteiger partial charge in [-0.05, 0) is 24.3 Å². The van der Waals surface area contributed by atoms with Crippen molar-refractivity contribution in [1.82, 2.24) is 0 Å². The van der Waals surface area contributed by atoms with Crippen LogP contribution in [0.1, 0.15) is 0 Å². The van der Waals surface area contributed by atoms with Gasteiger partial charge in [0.15, 0.2) is 0 Å². The minimum Gasteiger partial charge on any atom is -0.406 e. The second-order valence-corrected chi connectivity index (χ2v) is 4.31. The van der Waals surface area contributed by atoms with Crippen LogP contribution in [0.5, 0.6) is 5.75 Å². The first-order chi connectivity index (χ1) is 10.7. The van der Waals surface area contributed by atoms with Gasteiger partial charge in [-0.2, -0.15) is 0 Å². The molecule has 0 aliphatic heterocycles. The first-order valence-corrected chi connectivity index (χ1v) is 6.11. The molecule has 0 heterocycles. The maximum absolute atomic E-state index is 13.3. The summed E-state index contributed by atoms with van der Waals surface area (Å²) in [7, 11) is 0. The molecule has 4 nitrogen and oxygen atoms in total. The number of hydrogen-bond donors (Lipinski definition) is 2. The Kier molecular flexibility index (Phi) is 4.68. The summed E-state index contributed by atoms with van der Waals surface area (Å²) in [4.78, 5) is 11.7. The van der Waals surface area contributed by atoms with Gasteiger partial charge in [0, 0.05) is 23.5 Å². The second-order valence-electron chi connectivity index (χ2n) is 4.31. The van der Waals surface area contributed by atoms with Crippen LogP contribution in [0.4, 0.5) is 38.1 Å². The summed E-state index contributed by atoms with van der Waals surface area (Å²) in [6.07, 6.45) is -4.99. The fraction of sp³-hybridized carbons (Fsp3) is 0.0714. The molecular weight excluding hydrogens is 323 g/mol. The lowest BCUT2D eigenvalue weighted by atomic mass is 10.3. The van der Waals surface area contributed by atoms with Crippen LogP contribution in [0.3, 0.4) is 0 Å². The van der Waals surface area contributed by atoms with Gasteiger partial charge in [0.25, 0.3) is 0 Å². The summed E-state index contributed by atoms with van der Waals surface area (Å²) < 4.78 is 66.1. The minimum absolute atomic E-state index is 0.116. The number of nitrogens with one attached hydrogen (secondary N) is 2. The summed E-state index contributed by atoms with van der Waals surface area (Å²) >= 11 is 0. The SMILES string of the molecule is O=C(Nc1cccc(F)c1)Nc1cc(F)cc(OC(F)(F)F)c1. The molecule has 0 saturated carbocycles. The van der Waals surface area contributed by atoms with Crippen LogP contribution >= 0.6 is 0 Å². The van der Waals surface area contributed by atoms with E-state index in [0.29, 0.717) is 6.07 Å². The van der Waals surface area contributed by atoms with Gasteiger partial charge in [-0.1, -0.05) is 6.07 Å². The van der Waals surface area contributed by atoms with Gasteiger partial charge in [0.05, 0.1) is 0 Å². The third-order valence-electron chi connectivity index (χ3n) is 2.45. The topological polar surface area (TPSA) is 50.4 Å². The van der Waals surface area contributed by atoms with Crippen LogP contribution in [0, 0.1) is 11.6 Å². The van der Waals surface area contributed by atoms with Crippen molar-refractivity contribution in [2.75, 3.05) is 10.6 Å². The number of alkyl halides is 3. The number of rotatable bonds is 3. The van der Waals surface area contributed by atoms with E-state index < -0.39 is 29.8 Å². The number of halogens is 5. The second kappa shape index (κ2) is 6.51. The number of anilines is 2. The van der Waals surface area contributed by atoms with Gasteiger partial charge in [0.1, 0.15) is 17.4 Å². The molecule has 0 aliphatic carbocycles. The predicted octanol–water partition coefficient (Wildman–Crippen LogP) is 4.51. The zero-order valence-electron chi connectivity index (χ0n) is 11.2. The molecule has 0 radical (unpaired) electrons. The monoisotopic (exact) mass is 332 g/mol. The lowest BCUT2D eigenvalue weighted by Crippen LogP contribution is -2.20. The van der Waals surface area contributed by atoms with Crippen molar-refractivity contribution in [3.63, 3.8) is 0 Å². The highest BCUT2D eigenvalue weighted by molar-refractivity contribution is 5.99. The quantitative estimate of drug-likeness (QED) is 0.813. The normalized spacial score (nSPS) is 11.0. The van der Waals surface area contributed by atoms with Gasteiger partial charge < -0.3 is 15.4 Å². The van der Waals surface area contributed by atoms with E-state index in [4.69, 9.17) is 0 Å². The maximum Gasteiger partial charge on any atom is 0.573 e. The van der Waals surface area contributed by atoms with Gasteiger partial charge in [-0.25, -0.2) is 13.6 Å². The molecule has 2 N–H and O–H groups in total. The number of urea groups is 1. The molecule has 2 amide bonds. The summed E-state index contributed by atoms with van der Waals surface area (Å²) in [6.45, 7) is 0. The van der Waals surface area contributed by atoms with Gasteiger partial charge in [-0.15, -0.1) is 13.2 Å². The number of ether oxygens (including phenoxy) is 1. The van der Waals surface area contributed by atoms with Crippen molar-refractivity contribution in [1.29, 1.82) is 0 Å². The van der Waals surface area contributed by atoms with Crippen LogP contribution in [-0.4, -0.2) is 12.4 Å². The molecule has 0 spiro atoms. The molecule has 0 saturated heterocycles. The largest absolute Gasteiger partial charge is 0.573 e. The Morgan fingerprint density at radius 2 is 1.57 bits per heavy atom. The molecule has 122 valence electrons. The number of benzene rings is 2. The number of carbonyl (C=O) groups excluding carboxylic acids is 1. The average molecular weight is 332 g/mol. The Bertz CT molecular complexity index is 719. The number of amides is 2. The van der Waals surface area contributed by atoms with Crippen molar-refractivity contribution in [3.05, 3.63) is 54.1 Å². The molecular formula is C14H9F5N2O2. The molecule has 0 unspecified atom stereocenters. The highest BCUT2D eigenvalue weighted by Crippen LogP contribution is 2.26.